The molecule has 0 unspecified atom stereocenters. The third-order valence-electron chi connectivity index (χ3n) is 2.22. The van der Waals surface area contributed by atoms with Crippen molar-refractivity contribution in [3.05, 3.63) is 0 Å². The van der Waals surface area contributed by atoms with Crippen LogP contribution in [0.2, 0.25) is 21.0 Å². The van der Waals surface area contributed by atoms with Gasteiger partial charge in [-0.1, -0.05) is 0 Å². The van der Waals surface area contributed by atoms with Crippen molar-refractivity contribution in [2.45, 2.75) is 48.7 Å². The molecule has 0 spiro atoms. The summed E-state index contributed by atoms with van der Waals surface area (Å²) in [5.41, 5.74) is 0. The van der Waals surface area contributed by atoms with E-state index in [-0.39, 0.29) is 0 Å². The molecule has 0 amide bonds. The number of carbonyl (C=O) groups is 2. The number of rotatable bonds is 6. The molecule has 0 aliphatic rings. The van der Waals surface area contributed by atoms with Crippen molar-refractivity contribution in [3.8, 4) is 0 Å². The molecule has 92 valence electrons. The fraction of sp³-hybridized carbons (Fsp3) is 0.800. The van der Waals surface area contributed by atoms with Crippen LogP contribution in [0.5, 0.6) is 0 Å². The summed E-state index contributed by atoms with van der Waals surface area (Å²) in [6, 6.07) is 0. The molecule has 0 saturated carbocycles. The van der Waals surface area contributed by atoms with Crippen LogP contribution in [0, 0.1) is 0 Å². The summed E-state index contributed by atoms with van der Waals surface area (Å²) >= 11 is -3.53. The van der Waals surface area contributed by atoms with Crippen molar-refractivity contribution in [2.24, 2.45) is 0 Å². The third kappa shape index (κ3) is 5.93. The van der Waals surface area contributed by atoms with Crippen molar-refractivity contribution in [1.82, 2.24) is 0 Å². The Labute approximate surface area is 107 Å². The van der Waals surface area contributed by atoms with Gasteiger partial charge in [-0.3, -0.25) is 0 Å². The van der Waals surface area contributed by atoms with E-state index >= 15 is 0 Å². The summed E-state index contributed by atoms with van der Waals surface area (Å²) in [7, 11) is 0. The molecular formula is C10H20Ge2O4. The monoisotopic (exact) mass is 352 g/mol. The Morgan fingerprint density at radius 1 is 0.750 bits per heavy atom. The zero-order valence-corrected chi connectivity index (χ0v) is 14.7. The Bertz CT molecular complexity index is 201. The predicted octanol–water partition coefficient (Wildman–Crippen LogP) is 2.14. The van der Waals surface area contributed by atoms with Gasteiger partial charge in [-0.25, -0.2) is 0 Å². The SMILES string of the molecule is C[CH2][Ge]([CH2]C)[O]C(=O)C(=O)[O][Ge]([CH2]C)[CH2]C. The number of carbonyl (C=O) groups excluding carboxylic acids is 2. The topological polar surface area (TPSA) is 52.6 Å². The Balaban J connectivity index is 4.12. The van der Waals surface area contributed by atoms with Gasteiger partial charge in [-0.2, -0.15) is 0 Å². The molecule has 0 aromatic heterocycles. The van der Waals surface area contributed by atoms with Gasteiger partial charge in [0, 0.05) is 0 Å². The Hall–Kier alpha value is 0.0257. The average Bonchev–Trinajstić information content (AvgIpc) is 2.32. The summed E-state index contributed by atoms with van der Waals surface area (Å²) in [6.45, 7) is 7.98. The third-order valence-corrected chi connectivity index (χ3v) is 10.8. The van der Waals surface area contributed by atoms with Gasteiger partial charge in [0.25, 0.3) is 0 Å². The minimum absolute atomic E-state index is 0.759. The maximum absolute atomic E-state index is 11.4. The summed E-state index contributed by atoms with van der Waals surface area (Å²) in [5.74, 6) is -1.52. The van der Waals surface area contributed by atoms with Crippen LogP contribution in [0.4, 0.5) is 0 Å². The molecule has 0 heterocycles. The Morgan fingerprint density at radius 3 is 1.19 bits per heavy atom. The van der Waals surface area contributed by atoms with Crippen molar-refractivity contribution in [2.75, 3.05) is 0 Å². The van der Waals surface area contributed by atoms with Gasteiger partial charge in [0.1, 0.15) is 0 Å². The van der Waals surface area contributed by atoms with Gasteiger partial charge in [0.05, 0.1) is 0 Å². The second kappa shape index (κ2) is 9.10. The van der Waals surface area contributed by atoms with Crippen LogP contribution in [-0.4, -0.2) is 41.3 Å². The van der Waals surface area contributed by atoms with Crippen molar-refractivity contribution < 1.29 is 17.1 Å². The van der Waals surface area contributed by atoms with Crippen LogP contribution in [0.15, 0.2) is 0 Å². The fourth-order valence-electron chi connectivity index (χ4n) is 1.13. The second-order valence-electron chi connectivity index (χ2n) is 3.27. The van der Waals surface area contributed by atoms with Gasteiger partial charge >= 0.3 is 107 Å². The first-order valence-corrected chi connectivity index (χ1v) is 13.4. The first-order valence-electron chi connectivity index (χ1n) is 5.72. The normalized spacial score (nSPS) is 10.6. The van der Waals surface area contributed by atoms with Crippen LogP contribution in [-0.2, 0) is 17.1 Å². The molecule has 0 fully saturated rings. The first kappa shape index (κ1) is 16.0. The molecule has 16 heavy (non-hydrogen) atoms. The summed E-state index contributed by atoms with van der Waals surface area (Å²) in [6.07, 6.45) is 0. The molecule has 0 bridgehead atoms. The van der Waals surface area contributed by atoms with E-state index < -0.39 is 41.3 Å². The molecule has 0 aliphatic heterocycles. The van der Waals surface area contributed by atoms with E-state index in [0.717, 1.165) is 21.0 Å². The van der Waals surface area contributed by atoms with Crippen molar-refractivity contribution in [1.29, 1.82) is 0 Å². The average molecular weight is 349 g/mol. The predicted molar refractivity (Wildman–Crippen MR) is 65.6 cm³/mol. The van der Waals surface area contributed by atoms with Crippen molar-refractivity contribution >= 4 is 41.3 Å². The molecule has 2 radical (unpaired) electrons. The first-order chi connectivity index (χ1) is 7.58. The summed E-state index contributed by atoms with van der Waals surface area (Å²) in [4.78, 5) is 22.8. The molecule has 0 atom stereocenters. The number of hydrogen-bond donors (Lipinski definition) is 0. The zero-order valence-electron chi connectivity index (χ0n) is 10.5. The molecule has 0 aromatic carbocycles. The van der Waals surface area contributed by atoms with Gasteiger partial charge in [0.15, 0.2) is 0 Å². The standard InChI is InChI=1S/C10H20Ge2O4/c1-5-11(6-2)15-9(13)10(14)16-12(7-3)8-4/h5-8H2,1-4H3. The van der Waals surface area contributed by atoms with E-state index in [0.29, 0.717) is 0 Å². The van der Waals surface area contributed by atoms with Crippen LogP contribution in [0.1, 0.15) is 27.7 Å². The molecule has 0 aliphatic carbocycles. The van der Waals surface area contributed by atoms with Gasteiger partial charge < -0.3 is 0 Å². The Morgan fingerprint density at radius 2 is 1.00 bits per heavy atom. The summed E-state index contributed by atoms with van der Waals surface area (Å²) in [5, 5.41) is 3.56. The van der Waals surface area contributed by atoms with E-state index in [1.807, 2.05) is 27.7 Å². The van der Waals surface area contributed by atoms with Crippen LogP contribution < -0.4 is 0 Å². The second-order valence-corrected chi connectivity index (χ2v) is 14.6. The molecule has 4 nitrogen and oxygen atoms in total. The molecule has 6 heteroatoms. The van der Waals surface area contributed by atoms with Gasteiger partial charge in [0.2, 0.25) is 0 Å². The number of hydrogen-bond acceptors (Lipinski definition) is 4. The van der Waals surface area contributed by atoms with E-state index in [1.54, 1.807) is 0 Å². The fourth-order valence-corrected chi connectivity index (χ4v) is 5.89. The van der Waals surface area contributed by atoms with Crippen LogP contribution in [0.3, 0.4) is 0 Å². The quantitative estimate of drug-likeness (QED) is 0.545. The molecular weight excluding hydrogens is 329 g/mol. The van der Waals surface area contributed by atoms with E-state index in [2.05, 4.69) is 0 Å². The summed E-state index contributed by atoms with van der Waals surface area (Å²) < 4.78 is 10.4. The van der Waals surface area contributed by atoms with E-state index in [4.69, 9.17) is 7.53 Å². The van der Waals surface area contributed by atoms with Crippen molar-refractivity contribution in [3.63, 3.8) is 0 Å². The van der Waals surface area contributed by atoms with Crippen LogP contribution >= 0.6 is 0 Å². The van der Waals surface area contributed by atoms with E-state index in [1.165, 1.54) is 0 Å². The molecule has 0 saturated heterocycles. The van der Waals surface area contributed by atoms with Gasteiger partial charge in [-0.15, -0.1) is 0 Å². The Kier molecular flexibility index (Phi) is 9.11. The molecule has 0 rings (SSSR count). The van der Waals surface area contributed by atoms with Crippen LogP contribution in [0.25, 0.3) is 0 Å². The zero-order chi connectivity index (χ0) is 12.6. The molecule has 0 aromatic rings. The maximum atomic E-state index is 11.4. The molecule has 0 N–H and O–H groups in total. The minimum atomic E-state index is -1.77. The van der Waals surface area contributed by atoms with E-state index in [9.17, 15) is 9.59 Å². The van der Waals surface area contributed by atoms with Gasteiger partial charge in [-0.05, 0) is 0 Å².